The predicted molar refractivity (Wildman–Crippen MR) is 122 cm³/mol. The number of amides is 2. The Morgan fingerprint density at radius 2 is 1.45 bits per heavy atom. The predicted octanol–water partition coefficient (Wildman–Crippen LogP) is 6.63. The summed E-state index contributed by atoms with van der Waals surface area (Å²) in [6, 6.07) is 13.0. The van der Waals surface area contributed by atoms with Gasteiger partial charge in [0.2, 0.25) is 5.91 Å². The van der Waals surface area contributed by atoms with E-state index in [0.717, 1.165) is 35.3 Å². The van der Waals surface area contributed by atoms with E-state index >= 15 is 0 Å². The molecule has 156 valence electrons. The second kappa shape index (κ2) is 12.1. The van der Waals surface area contributed by atoms with Gasteiger partial charge in [0.25, 0.3) is 5.91 Å². The van der Waals surface area contributed by atoms with Crippen LogP contribution < -0.4 is 10.6 Å². The van der Waals surface area contributed by atoms with E-state index in [2.05, 4.69) is 17.6 Å². The van der Waals surface area contributed by atoms with Crippen molar-refractivity contribution in [2.45, 2.75) is 72.1 Å². The lowest BCUT2D eigenvalue weighted by molar-refractivity contribution is -0.116. The molecule has 4 nitrogen and oxygen atoms in total. The highest BCUT2D eigenvalue weighted by atomic mass is 16.2. The normalized spacial score (nSPS) is 10.6. The van der Waals surface area contributed by atoms with Crippen molar-refractivity contribution in [2.24, 2.45) is 0 Å². The van der Waals surface area contributed by atoms with Crippen molar-refractivity contribution < 1.29 is 9.59 Å². The van der Waals surface area contributed by atoms with Crippen LogP contribution in [0.15, 0.2) is 42.5 Å². The number of hydrogen-bond acceptors (Lipinski definition) is 2. The first-order valence-corrected chi connectivity index (χ1v) is 10.8. The third-order valence-electron chi connectivity index (χ3n) is 5.07. The molecule has 0 aliphatic carbocycles. The second-order valence-electron chi connectivity index (χ2n) is 7.77. The zero-order valence-corrected chi connectivity index (χ0v) is 18.0. The summed E-state index contributed by atoms with van der Waals surface area (Å²) in [5.74, 6) is -0.121. The molecule has 2 rings (SSSR count). The van der Waals surface area contributed by atoms with Crippen LogP contribution in [0.4, 0.5) is 11.4 Å². The van der Waals surface area contributed by atoms with Crippen molar-refractivity contribution in [1.82, 2.24) is 0 Å². The molecule has 0 saturated heterocycles. The molecule has 0 fully saturated rings. The van der Waals surface area contributed by atoms with Crippen LogP contribution in [-0.2, 0) is 4.79 Å². The van der Waals surface area contributed by atoms with Crippen LogP contribution in [0.25, 0.3) is 0 Å². The number of anilines is 2. The number of rotatable bonds is 11. The average molecular weight is 395 g/mol. The van der Waals surface area contributed by atoms with Crippen molar-refractivity contribution in [2.75, 3.05) is 10.6 Å². The van der Waals surface area contributed by atoms with Gasteiger partial charge in [-0.3, -0.25) is 9.59 Å². The molecule has 0 radical (unpaired) electrons. The summed E-state index contributed by atoms with van der Waals surface area (Å²) in [6.07, 6.45) is 8.91. The maximum atomic E-state index is 12.5. The Morgan fingerprint density at radius 3 is 2.10 bits per heavy atom. The van der Waals surface area contributed by atoms with Gasteiger partial charge >= 0.3 is 0 Å². The largest absolute Gasteiger partial charge is 0.326 e. The zero-order chi connectivity index (χ0) is 21.1. The molecule has 0 saturated carbocycles. The molecule has 0 aliphatic rings. The van der Waals surface area contributed by atoms with Gasteiger partial charge in [-0.15, -0.1) is 0 Å². The smallest absolute Gasteiger partial charge is 0.255 e. The molecule has 2 amide bonds. The molecule has 2 N–H and O–H groups in total. The van der Waals surface area contributed by atoms with Gasteiger partial charge in [-0.1, -0.05) is 63.1 Å². The highest BCUT2D eigenvalue weighted by Crippen LogP contribution is 2.18. The molecule has 2 aromatic carbocycles. The quantitative estimate of drug-likeness (QED) is 0.420. The molecule has 0 heterocycles. The lowest BCUT2D eigenvalue weighted by atomic mass is 10.1. The second-order valence-corrected chi connectivity index (χ2v) is 7.77. The van der Waals surface area contributed by atoms with Gasteiger partial charge in [-0.2, -0.15) is 0 Å². The molecular weight excluding hydrogens is 360 g/mol. The molecule has 0 bridgehead atoms. The molecule has 0 aromatic heterocycles. The van der Waals surface area contributed by atoms with Crippen LogP contribution in [0.5, 0.6) is 0 Å². The topological polar surface area (TPSA) is 58.2 Å². The highest BCUT2D eigenvalue weighted by molar-refractivity contribution is 6.05. The van der Waals surface area contributed by atoms with E-state index in [9.17, 15) is 9.59 Å². The average Bonchev–Trinajstić information content (AvgIpc) is 2.70. The van der Waals surface area contributed by atoms with Crippen LogP contribution >= 0.6 is 0 Å². The Kier molecular flexibility index (Phi) is 9.42. The van der Waals surface area contributed by atoms with Crippen LogP contribution in [-0.4, -0.2) is 11.8 Å². The fourth-order valence-electron chi connectivity index (χ4n) is 3.32. The molecule has 2 aromatic rings. The summed E-state index contributed by atoms with van der Waals surface area (Å²) in [5.41, 5.74) is 4.30. The number of benzene rings is 2. The van der Waals surface area contributed by atoms with E-state index in [1.54, 1.807) is 24.3 Å². The fourth-order valence-corrected chi connectivity index (χ4v) is 3.32. The third kappa shape index (κ3) is 8.10. The van der Waals surface area contributed by atoms with Crippen LogP contribution in [0.3, 0.4) is 0 Å². The Labute approximate surface area is 175 Å². The van der Waals surface area contributed by atoms with Crippen molar-refractivity contribution in [3.63, 3.8) is 0 Å². The van der Waals surface area contributed by atoms with E-state index in [1.807, 2.05) is 32.0 Å². The molecular formula is C25H34N2O2. The van der Waals surface area contributed by atoms with Crippen LogP contribution in [0, 0.1) is 13.8 Å². The van der Waals surface area contributed by atoms with Crippen LogP contribution in [0.2, 0.25) is 0 Å². The molecule has 0 spiro atoms. The monoisotopic (exact) mass is 394 g/mol. The lowest BCUT2D eigenvalue weighted by Gasteiger charge is -2.10. The van der Waals surface area contributed by atoms with Gasteiger partial charge in [0.05, 0.1) is 0 Å². The number of aryl methyl sites for hydroxylation is 2. The molecule has 0 aliphatic heterocycles. The van der Waals surface area contributed by atoms with Gasteiger partial charge in [0.1, 0.15) is 0 Å². The number of unbranched alkanes of at least 4 members (excludes halogenated alkanes) is 6. The first-order chi connectivity index (χ1) is 14.0. The minimum Gasteiger partial charge on any atom is -0.326 e. The van der Waals surface area contributed by atoms with E-state index in [-0.39, 0.29) is 11.8 Å². The Bertz CT molecular complexity index is 797. The summed E-state index contributed by atoms with van der Waals surface area (Å²) in [5, 5.41) is 5.85. The highest BCUT2D eigenvalue weighted by Gasteiger charge is 2.09. The molecule has 4 heteroatoms. The lowest BCUT2D eigenvalue weighted by Crippen LogP contribution is -2.14. The Morgan fingerprint density at radius 1 is 0.793 bits per heavy atom. The van der Waals surface area contributed by atoms with E-state index < -0.39 is 0 Å². The minimum atomic E-state index is -0.155. The van der Waals surface area contributed by atoms with Gasteiger partial charge in [-0.05, 0) is 56.2 Å². The van der Waals surface area contributed by atoms with E-state index in [1.165, 1.54) is 32.1 Å². The number of nitrogens with one attached hydrogen (secondary N) is 2. The number of carbonyl (C=O) groups is 2. The van der Waals surface area contributed by atoms with Crippen molar-refractivity contribution >= 4 is 23.2 Å². The molecule has 0 atom stereocenters. The SMILES string of the molecule is CCCCCCCCCC(=O)Nc1ccc(C(=O)Nc2ccc(C)cc2C)cc1. The molecule has 29 heavy (non-hydrogen) atoms. The minimum absolute atomic E-state index is 0.0334. The summed E-state index contributed by atoms with van der Waals surface area (Å²) in [6.45, 7) is 6.22. The van der Waals surface area contributed by atoms with E-state index in [4.69, 9.17) is 0 Å². The number of hydrogen-bond donors (Lipinski definition) is 2. The summed E-state index contributed by atoms with van der Waals surface area (Å²) < 4.78 is 0. The Balaban J connectivity index is 1.76. The Hall–Kier alpha value is -2.62. The van der Waals surface area contributed by atoms with Gasteiger partial charge < -0.3 is 10.6 Å². The van der Waals surface area contributed by atoms with Crippen molar-refractivity contribution in [3.05, 3.63) is 59.2 Å². The maximum absolute atomic E-state index is 12.5. The molecule has 0 unspecified atom stereocenters. The maximum Gasteiger partial charge on any atom is 0.255 e. The van der Waals surface area contributed by atoms with Crippen molar-refractivity contribution in [1.29, 1.82) is 0 Å². The number of carbonyl (C=O) groups excluding carboxylic acids is 2. The van der Waals surface area contributed by atoms with Gasteiger partial charge in [0, 0.05) is 23.4 Å². The summed E-state index contributed by atoms with van der Waals surface area (Å²) in [7, 11) is 0. The standard InChI is InChI=1S/C25H34N2O2/c1-4-5-6-7-8-9-10-11-24(28)26-22-15-13-21(14-16-22)25(29)27-23-17-12-19(2)18-20(23)3/h12-18H,4-11H2,1-3H3,(H,26,28)(H,27,29). The zero-order valence-electron chi connectivity index (χ0n) is 18.0. The first kappa shape index (κ1) is 22.7. The fraction of sp³-hybridized carbons (Fsp3) is 0.440. The third-order valence-corrected chi connectivity index (χ3v) is 5.07. The van der Waals surface area contributed by atoms with Crippen LogP contribution in [0.1, 0.15) is 79.8 Å². The van der Waals surface area contributed by atoms with E-state index in [0.29, 0.717) is 12.0 Å². The van der Waals surface area contributed by atoms with Gasteiger partial charge in [-0.25, -0.2) is 0 Å². The van der Waals surface area contributed by atoms with Gasteiger partial charge in [0.15, 0.2) is 0 Å². The first-order valence-electron chi connectivity index (χ1n) is 10.8. The summed E-state index contributed by atoms with van der Waals surface area (Å²) >= 11 is 0. The summed E-state index contributed by atoms with van der Waals surface area (Å²) in [4.78, 5) is 24.5. The van der Waals surface area contributed by atoms with Crippen molar-refractivity contribution in [3.8, 4) is 0 Å².